The van der Waals surface area contributed by atoms with Gasteiger partial charge in [-0.1, -0.05) is 25.3 Å². The van der Waals surface area contributed by atoms with Crippen molar-refractivity contribution in [2.45, 2.75) is 38.6 Å². The van der Waals surface area contributed by atoms with E-state index in [0.29, 0.717) is 12.4 Å². The fourth-order valence-electron chi connectivity index (χ4n) is 2.26. The molecule has 0 bridgehead atoms. The Balaban J connectivity index is 1.96. The van der Waals surface area contributed by atoms with Crippen LogP contribution in [0.4, 0.5) is 5.82 Å². The Bertz CT molecular complexity index is 386. The number of aromatic nitrogens is 1. The maximum absolute atomic E-state index is 12.0. The Kier molecular flexibility index (Phi) is 4.09. The molecule has 3 N–H and O–H groups in total. The van der Waals surface area contributed by atoms with Gasteiger partial charge >= 0.3 is 0 Å². The van der Waals surface area contributed by atoms with Gasteiger partial charge in [-0.05, 0) is 25.0 Å². The third kappa shape index (κ3) is 3.27. The molecule has 0 aromatic carbocycles. The summed E-state index contributed by atoms with van der Waals surface area (Å²) in [5, 5.41) is 2.88. The van der Waals surface area contributed by atoms with E-state index in [2.05, 4.69) is 10.3 Å². The van der Waals surface area contributed by atoms with E-state index in [0.717, 1.165) is 31.4 Å². The predicted molar refractivity (Wildman–Crippen MR) is 67.3 cm³/mol. The van der Waals surface area contributed by atoms with Crippen molar-refractivity contribution in [3.05, 3.63) is 23.9 Å². The summed E-state index contributed by atoms with van der Waals surface area (Å²) in [5.41, 5.74) is 6.31. The summed E-state index contributed by atoms with van der Waals surface area (Å²) < 4.78 is 0. The van der Waals surface area contributed by atoms with Crippen LogP contribution >= 0.6 is 0 Å². The molecular formula is C13H19N3O. The number of anilines is 1. The molecule has 4 heteroatoms. The lowest BCUT2D eigenvalue weighted by molar-refractivity contribution is -0.120. The second kappa shape index (κ2) is 5.77. The lowest BCUT2D eigenvalue weighted by Crippen LogP contribution is -2.25. The number of hydrogen-bond donors (Lipinski definition) is 2. The minimum Gasteiger partial charge on any atom is -0.325 e. The van der Waals surface area contributed by atoms with Gasteiger partial charge in [-0.2, -0.15) is 0 Å². The standard InChI is InChI=1S/C13H19N3O/c14-9-11-7-4-8-12(15-11)16-13(17)10-5-2-1-3-6-10/h4,7-8,10H,1-3,5-6,9,14H2,(H,15,16,17). The van der Waals surface area contributed by atoms with Crippen LogP contribution in [-0.2, 0) is 11.3 Å². The van der Waals surface area contributed by atoms with Crippen LogP contribution in [0.2, 0.25) is 0 Å². The largest absolute Gasteiger partial charge is 0.325 e. The Morgan fingerprint density at radius 1 is 1.35 bits per heavy atom. The molecule has 4 nitrogen and oxygen atoms in total. The zero-order chi connectivity index (χ0) is 12.1. The van der Waals surface area contributed by atoms with Crippen LogP contribution in [0.15, 0.2) is 18.2 Å². The van der Waals surface area contributed by atoms with Crippen LogP contribution < -0.4 is 11.1 Å². The van der Waals surface area contributed by atoms with Crippen molar-refractivity contribution in [2.24, 2.45) is 11.7 Å². The maximum Gasteiger partial charge on any atom is 0.228 e. The average molecular weight is 233 g/mol. The van der Waals surface area contributed by atoms with Gasteiger partial charge < -0.3 is 11.1 Å². The first kappa shape index (κ1) is 12.0. The first-order valence-corrected chi connectivity index (χ1v) is 6.26. The number of rotatable bonds is 3. The highest BCUT2D eigenvalue weighted by Gasteiger charge is 2.21. The summed E-state index contributed by atoms with van der Waals surface area (Å²) in [6.45, 7) is 0.396. The lowest BCUT2D eigenvalue weighted by Gasteiger charge is -2.20. The zero-order valence-corrected chi connectivity index (χ0v) is 9.98. The molecule has 0 spiro atoms. The maximum atomic E-state index is 12.0. The lowest BCUT2D eigenvalue weighted by atomic mass is 9.89. The second-order valence-electron chi connectivity index (χ2n) is 4.54. The number of nitrogens with two attached hydrogens (primary N) is 1. The summed E-state index contributed by atoms with van der Waals surface area (Å²) >= 11 is 0. The molecule has 0 radical (unpaired) electrons. The van der Waals surface area contributed by atoms with Gasteiger partial charge in [-0.15, -0.1) is 0 Å². The summed E-state index contributed by atoms with van der Waals surface area (Å²) in [4.78, 5) is 16.3. The molecule has 1 saturated carbocycles. The molecule has 0 atom stereocenters. The number of hydrogen-bond acceptors (Lipinski definition) is 3. The van der Waals surface area contributed by atoms with Crippen LogP contribution in [0.3, 0.4) is 0 Å². The van der Waals surface area contributed by atoms with E-state index < -0.39 is 0 Å². The first-order valence-electron chi connectivity index (χ1n) is 6.26. The van der Waals surface area contributed by atoms with Crippen LogP contribution in [0, 0.1) is 5.92 Å². The number of pyridine rings is 1. The van der Waals surface area contributed by atoms with Crippen molar-refractivity contribution in [3.63, 3.8) is 0 Å². The quantitative estimate of drug-likeness (QED) is 0.839. The van der Waals surface area contributed by atoms with Gasteiger partial charge in [0.1, 0.15) is 5.82 Å². The molecular weight excluding hydrogens is 214 g/mol. The van der Waals surface area contributed by atoms with E-state index in [4.69, 9.17) is 5.73 Å². The minimum atomic E-state index is 0.103. The number of nitrogens with zero attached hydrogens (tertiary/aromatic N) is 1. The Morgan fingerprint density at radius 3 is 2.82 bits per heavy atom. The molecule has 1 fully saturated rings. The highest BCUT2D eigenvalue weighted by atomic mass is 16.1. The molecule has 1 aromatic heterocycles. The van der Waals surface area contributed by atoms with Gasteiger partial charge in [0.25, 0.3) is 0 Å². The van der Waals surface area contributed by atoms with Crippen molar-refractivity contribution >= 4 is 11.7 Å². The SMILES string of the molecule is NCc1cccc(NC(=O)C2CCCCC2)n1. The van der Waals surface area contributed by atoms with Gasteiger partial charge in [-0.25, -0.2) is 4.98 Å². The Labute approximate surface area is 102 Å². The van der Waals surface area contributed by atoms with Crippen LogP contribution in [0.25, 0.3) is 0 Å². The molecule has 2 rings (SSSR count). The molecule has 0 aliphatic heterocycles. The van der Waals surface area contributed by atoms with Crippen molar-refractivity contribution in [3.8, 4) is 0 Å². The van der Waals surface area contributed by atoms with Crippen molar-refractivity contribution in [1.29, 1.82) is 0 Å². The third-order valence-corrected chi connectivity index (χ3v) is 3.24. The molecule has 1 aliphatic rings. The number of carbonyl (C=O) groups is 1. The summed E-state index contributed by atoms with van der Waals surface area (Å²) in [6, 6.07) is 5.53. The molecule has 0 unspecified atom stereocenters. The summed E-state index contributed by atoms with van der Waals surface area (Å²) in [5.74, 6) is 0.877. The van der Waals surface area contributed by atoms with Crippen LogP contribution in [0.1, 0.15) is 37.8 Å². The molecule has 0 saturated heterocycles. The van der Waals surface area contributed by atoms with E-state index in [1.54, 1.807) is 6.07 Å². The van der Waals surface area contributed by atoms with Crippen molar-refractivity contribution in [1.82, 2.24) is 4.98 Å². The van der Waals surface area contributed by atoms with E-state index in [9.17, 15) is 4.79 Å². The van der Waals surface area contributed by atoms with Crippen molar-refractivity contribution < 1.29 is 4.79 Å². The topological polar surface area (TPSA) is 68.0 Å². The second-order valence-corrected chi connectivity index (χ2v) is 4.54. The molecule has 1 heterocycles. The van der Waals surface area contributed by atoms with E-state index >= 15 is 0 Å². The van der Waals surface area contributed by atoms with Gasteiger partial charge in [0, 0.05) is 12.5 Å². The number of nitrogens with one attached hydrogen (secondary N) is 1. The molecule has 17 heavy (non-hydrogen) atoms. The zero-order valence-electron chi connectivity index (χ0n) is 9.98. The Hall–Kier alpha value is -1.42. The monoisotopic (exact) mass is 233 g/mol. The smallest absolute Gasteiger partial charge is 0.228 e. The average Bonchev–Trinajstić information content (AvgIpc) is 2.40. The highest BCUT2D eigenvalue weighted by molar-refractivity contribution is 5.91. The molecule has 92 valence electrons. The fourth-order valence-corrected chi connectivity index (χ4v) is 2.26. The summed E-state index contributed by atoms with van der Waals surface area (Å²) in [7, 11) is 0. The van der Waals surface area contributed by atoms with Crippen LogP contribution in [0.5, 0.6) is 0 Å². The molecule has 1 amide bonds. The van der Waals surface area contributed by atoms with E-state index in [-0.39, 0.29) is 11.8 Å². The van der Waals surface area contributed by atoms with Gasteiger partial charge in [0.15, 0.2) is 0 Å². The Morgan fingerprint density at radius 2 is 2.12 bits per heavy atom. The minimum absolute atomic E-state index is 0.103. The summed E-state index contributed by atoms with van der Waals surface area (Å²) in [6.07, 6.45) is 5.58. The van der Waals surface area contributed by atoms with E-state index in [1.807, 2.05) is 12.1 Å². The van der Waals surface area contributed by atoms with Gasteiger partial charge in [-0.3, -0.25) is 4.79 Å². The highest BCUT2D eigenvalue weighted by Crippen LogP contribution is 2.24. The normalized spacial score (nSPS) is 16.8. The number of carbonyl (C=O) groups excluding carboxylic acids is 1. The third-order valence-electron chi connectivity index (χ3n) is 3.24. The number of amides is 1. The van der Waals surface area contributed by atoms with Gasteiger partial charge in [0.2, 0.25) is 5.91 Å². The first-order chi connectivity index (χ1) is 8.29. The molecule has 1 aliphatic carbocycles. The molecule has 1 aromatic rings. The van der Waals surface area contributed by atoms with Gasteiger partial charge in [0.05, 0.1) is 5.69 Å². The van der Waals surface area contributed by atoms with Crippen molar-refractivity contribution in [2.75, 3.05) is 5.32 Å². The van der Waals surface area contributed by atoms with Crippen LogP contribution in [-0.4, -0.2) is 10.9 Å². The van der Waals surface area contributed by atoms with E-state index in [1.165, 1.54) is 6.42 Å². The predicted octanol–water partition coefficient (Wildman–Crippen LogP) is 2.06. The fraction of sp³-hybridized carbons (Fsp3) is 0.538.